The third kappa shape index (κ3) is 2.54. The Balaban J connectivity index is 1.53. The molecule has 3 heterocycles. The van der Waals surface area contributed by atoms with Gasteiger partial charge in [0.2, 0.25) is 0 Å². The summed E-state index contributed by atoms with van der Waals surface area (Å²) in [6.07, 6.45) is 3.54. The number of aromatic nitrogens is 4. The minimum Gasteiger partial charge on any atom is -0.408 e. The summed E-state index contributed by atoms with van der Waals surface area (Å²) < 4.78 is 9.05. The predicted molar refractivity (Wildman–Crippen MR) is 103 cm³/mol. The SMILES string of the molecule is Cc1nc2cnccc2n1-c1ccc(Cn2c(=O)oc3ccccc32)cc1. The van der Waals surface area contributed by atoms with Crippen molar-refractivity contribution >= 4 is 22.1 Å². The molecule has 0 aliphatic rings. The molecule has 2 aromatic carbocycles. The summed E-state index contributed by atoms with van der Waals surface area (Å²) in [4.78, 5) is 20.9. The van der Waals surface area contributed by atoms with Gasteiger partial charge in [-0.2, -0.15) is 0 Å². The topological polar surface area (TPSA) is 65.8 Å². The van der Waals surface area contributed by atoms with Crippen molar-refractivity contribution in [2.75, 3.05) is 0 Å². The number of oxazole rings is 1. The van der Waals surface area contributed by atoms with Gasteiger partial charge in [-0.05, 0) is 42.8 Å². The average Bonchev–Trinajstić information content (AvgIpc) is 3.18. The van der Waals surface area contributed by atoms with Gasteiger partial charge in [0.25, 0.3) is 0 Å². The zero-order chi connectivity index (χ0) is 18.4. The lowest BCUT2D eigenvalue weighted by atomic mass is 10.2. The normalized spacial score (nSPS) is 11.4. The molecule has 0 bridgehead atoms. The number of nitrogens with zero attached hydrogens (tertiary/aromatic N) is 4. The lowest BCUT2D eigenvalue weighted by Gasteiger charge is -2.09. The van der Waals surface area contributed by atoms with Crippen LogP contribution >= 0.6 is 0 Å². The van der Waals surface area contributed by atoms with E-state index in [0.29, 0.717) is 12.1 Å². The number of hydrogen-bond acceptors (Lipinski definition) is 4. The van der Waals surface area contributed by atoms with Gasteiger partial charge in [0.1, 0.15) is 11.3 Å². The molecule has 0 aliphatic heterocycles. The van der Waals surface area contributed by atoms with Crippen LogP contribution < -0.4 is 5.76 Å². The van der Waals surface area contributed by atoms with Crippen LogP contribution in [-0.4, -0.2) is 19.1 Å². The molecule has 3 aromatic heterocycles. The van der Waals surface area contributed by atoms with Gasteiger partial charge in [-0.3, -0.25) is 14.1 Å². The van der Waals surface area contributed by atoms with Gasteiger partial charge >= 0.3 is 5.76 Å². The molecular weight excluding hydrogens is 340 g/mol. The fourth-order valence-electron chi connectivity index (χ4n) is 3.48. The number of hydrogen-bond donors (Lipinski definition) is 0. The van der Waals surface area contributed by atoms with E-state index in [-0.39, 0.29) is 5.76 Å². The lowest BCUT2D eigenvalue weighted by Crippen LogP contribution is -2.14. The minimum absolute atomic E-state index is 0.343. The first-order chi connectivity index (χ1) is 13.2. The number of fused-ring (bicyclic) bond motifs is 2. The molecule has 0 N–H and O–H groups in total. The summed E-state index contributed by atoms with van der Waals surface area (Å²) in [5.74, 6) is 0.562. The fourth-order valence-corrected chi connectivity index (χ4v) is 3.48. The highest BCUT2D eigenvalue weighted by Crippen LogP contribution is 2.21. The Morgan fingerprint density at radius 1 is 1.00 bits per heavy atom. The standard InChI is InChI=1S/C21H16N4O2/c1-14-23-17-12-22-11-10-18(17)25(14)16-8-6-15(7-9-16)13-24-19-4-2-3-5-20(19)27-21(24)26/h2-12H,13H2,1H3. The molecule has 0 atom stereocenters. The second kappa shape index (κ2) is 5.95. The second-order valence-corrected chi connectivity index (χ2v) is 6.45. The Morgan fingerprint density at radius 2 is 1.81 bits per heavy atom. The van der Waals surface area contributed by atoms with E-state index in [1.165, 1.54) is 0 Å². The number of para-hydroxylation sites is 2. The summed E-state index contributed by atoms with van der Waals surface area (Å²) in [6.45, 7) is 2.44. The molecule has 132 valence electrons. The zero-order valence-corrected chi connectivity index (χ0v) is 14.7. The summed E-state index contributed by atoms with van der Waals surface area (Å²) >= 11 is 0. The first-order valence-corrected chi connectivity index (χ1v) is 8.67. The third-order valence-electron chi connectivity index (χ3n) is 4.73. The van der Waals surface area contributed by atoms with Crippen LogP contribution in [0.1, 0.15) is 11.4 Å². The Morgan fingerprint density at radius 3 is 2.67 bits per heavy atom. The summed E-state index contributed by atoms with van der Waals surface area (Å²) in [5, 5.41) is 0. The summed E-state index contributed by atoms with van der Waals surface area (Å²) in [5.41, 5.74) is 5.34. The van der Waals surface area contributed by atoms with Crippen LogP contribution in [0.15, 0.2) is 76.2 Å². The van der Waals surface area contributed by atoms with Crippen LogP contribution in [0, 0.1) is 6.92 Å². The van der Waals surface area contributed by atoms with Crippen molar-refractivity contribution in [2.24, 2.45) is 0 Å². The van der Waals surface area contributed by atoms with Crippen LogP contribution in [0.4, 0.5) is 0 Å². The molecule has 27 heavy (non-hydrogen) atoms. The molecule has 0 amide bonds. The molecule has 5 rings (SSSR count). The van der Waals surface area contributed by atoms with Gasteiger partial charge in [0.15, 0.2) is 5.58 Å². The molecule has 0 spiro atoms. The molecule has 0 unspecified atom stereocenters. The largest absolute Gasteiger partial charge is 0.420 e. The number of benzene rings is 2. The predicted octanol–water partition coefficient (Wildman–Crippen LogP) is 3.69. The highest BCUT2D eigenvalue weighted by molar-refractivity contribution is 5.77. The van der Waals surface area contributed by atoms with Crippen molar-refractivity contribution in [1.29, 1.82) is 0 Å². The Kier molecular flexibility index (Phi) is 3.43. The maximum Gasteiger partial charge on any atom is 0.420 e. The molecule has 0 saturated carbocycles. The Labute approximate surface area is 154 Å². The Bertz CT molecular complexity index is 1330. The number of aryl methyl sites for hydroxylation is 1. The van der Waals surface area contributed by atoms with Crippen LogP contribution in [0.5, 0.6) is 0 Å². The van der Waals surface area contributed by atoms with Crippen molar-refractivity contribution in [1.82, 2.24) is 19.1 Å². The lowest BCUT2D eigenvalue weighted by molar-refractivity contribution is 0.517. The average molecular weight is 356 g/mol. The van der Waals surface area contributed by atoms with Crippen LogP contribution in [0.3, 0.4) is 0 Å². The van der Waals surface area contributed by atoms with Crippen molar-refractivity contribution in [3.63, 3.8) is 0 Å². The van der Waals surface area contributed by atoms with E-state index in [9.17, 15) is 4.79 Å². The first-order valence-electron chi connectivity index (χ1n) is 8.67. The molecule has 5 aromatic rings. The molecule has 6 nitrogen and oxygen atoms in total. The molecule has 0 radical (unpaired) electrons. The van der Waals surface area contributed by atoms with Crippen LogP contribution in [-0.2, 0) is 6.54 Å². The number of rotatable bonds is 3. The summed E-state index contributed by atoms with van der Waals surface area (Å²) in [6, 6.07) is 17.5. The van der Waals surface area contributed by atoms with Crippen LogP contribution in [0.2, 0.25) is 0 Å². The van der Waals surface area contributed by atoms with E-state index in [4.69, 9.17) is 4.42 Å². The third-order valence-corrected chi connectivity index (χ3v) is 4.73. The highest BCUT2D eigenvalue weighted by atomic mass is 16.4. The molecule has 6 heteroatoms. The molecule has 0 aliphatic carbocycles. The molecule has 0 fully saturated rings. The van der Waals surface area contributed by atoms with Gasteiger partial charge in [-0.1, -0.05) is 24.3 Å². The second-order valence-electron chi connectivity index (χ2n) is 6.45. The molecule has 0 saturated heterocycles. The number of imidazole rings is 1. The van der Waals surface area contributed by atoms with E-state index in [2.05, 4.69) is 14.5 Å². The molecular formula is C21H16N4O2. The zero-order valence-electron chi connectivity index (χ0n) is 14.7. The van der Waals surface area contributed by atoms with Crippen molar-refractivity contribution in [2.45, 2.75) is 13.5 Å². The quantitative estimate of drug-likeness (QED) is 0.495. The van der Waals surface area contributed by atoms with Crippen LogP contribution in [0.25, 0.3) is 27.8 Å². The maximum atomic E-state index is 12.2. The number of pyridine rings is 1. The van der Waals surface area contributed by atoms with Gasteiger partial charge < -0.3 is 4.42 Å². The van der Waals surface area contributed by atoms with E-state index in [1.807, 2.05) is 55.5 Å². The van der Waals surface area contributed by atoms with Gasteiger partial charge in [-0.15, -0.1) is 0 Å². The van der Waals surface area contributed by atoms with E-state index < -0.39 is 0 Å². The van der Waals surface area contributed by atoms with E-state index in [1.54, 1.807) is 23.0 Å². The van der Waals surface area contributed by atoms with E-state index in [0.717, 1.165) is 33.6 Å². The highest BCUT2D eigenvalue weighted by Gasteiger charge is 2.11. The van der Waals surface area contributed by atoms with Gasteiger partial charge in [-0.25, -0.2) is 9.78 Å². The van der Waals surface area contributed by atoms with Gasteiger partial charge in [0.05, 0.1) is 23.8 Å². The van der Waals surface area contributed by atoms with Crippen molar-refractivity contribution in [3.8, 4) is 5.69 Å². The summed E-state index contributed by atoms with van der Waals surface area (Å²) in [7, 11) is 0. The van der Waals surface area contributed by atoms with Gasteiger partial charge in [0, 0.05) is 11.9 Å². The van der Waals surface area contributed by atoms with Crippen molar-refractivity contribution < 1.29 is 4.42 Å². The smallest absolute Gasteiger partial charge is 0.408 e. The maximum absolute atomic E-state index is 12.2. The minimum atomic E-state index is -0.343. The van der Waals surface area contributed by atoms with E-state index >= 15 is 0 Å². The first kappa shape index (κ1) is 15.6. The fraction of sp³-hybridized carbons (Fsp3) is 0.0952. The monoisotopic (exact) mass is 356 g/mol. The van der Waals surface area contributed by atoms with Crippen molar-refractivity contribution in [3.05, 3.63) is 88.9 Å². The Hall–Kier alpha value is -3.67.